The van der Waals surface area contributed by atoms with Crippen LogP contribution in [0.4, 0.5) is 15.3 Å². The second-order valence-corrected chi connectivity index (χ2v) is 12.7. The van der Waals surface area contributed by atoms with Crippen LogP contribution in [0.3, 0.4) is 0 Å². The molecule has 9 nitrogen and oxygen atoms in total. The lowest BCUT2D eigenvalue weighted by molar-refractivity contribution is -0.117. The number of nitrogens with one attached hydrogen (secondary N) is 2. The van der Waals surface area contributed by atoms with E-state index in [9.17, 15) is 14.4 Å². The van der Waals surface area contributed by atoms with Crippen LogP contribution in [0.5, 0.6) is 0 Å². The standard InChI is InChI=1S/C33H46N4O5/c1-21(2)41-31(39)35-29-18-22(3)37(23(4)38)30-13-12-26(19-28(29)30)25-10-8-24(9-11-25)20-34-27-14-16-36(17-15-27)32(40)42-33(5,6)7/h8-13,19,21-22,27,29,34H,14-18,20H2,1-7H3,(H,35,39). The number of benzene rings is 2. The van der Waals surface area contributed by atoms with Crippen LogP contribution in [0.1, 0.15) is 84.9 Å². The number of rotatable bonds is 6. The normalized spacial score (nSPS) is 19.3. The van der Waals surface area contributed by atoms with Crippen molar-refractivity contribution in [3.63, 3.8) is 0 Å². The Bertz CT molecular complexity index is 1260. The van der Waals surface area contributed by atoms with Gasteiger partial charge < -0.3 is 29.9 Å². The molecule has 0 bridgehead atoms. The topological polar surface area (TPSA) is 100 Å². The van der Waals surface area contributed by atoms with Gasteiger partial charge >= 0.3 is 12.2 Å². The molecule has 2 heterocycles. The quantitative estimate of drug-likeness (QED) is 0.426. The zero-order chi connectivity index (χ0) is 30.6. The van der Waals surface area contributed by atoms with Gasteiger partial charge in [-0.2, -0.15) is 0 Å². The Hall–Kier alpha value is -3.59. The van der Waals surface area contributed by atoms with Crippen molar-refractivity contribution in [2.45, 2.75) is 104 Å². The number of likely N-dealkylation sites (tertiary alicyclic amines) is 1. The molecule has 2 aliphatic rings. The van der Waals surface area contributed by atoms with Gasteiger partial charge in [0.05, 0.1) is 12.1 Å². The van der Waals surface area contributed by atoms with Crippen molar-refractivity contribution < 1.29 is 23.9 Å². The smallest absolute Gasteiger partial charge is 0.410 e. The molecule has 2 aliphatic heterocycles. The number of hydrogen-bond acceptors (Lipinski definition) is 6. The largest absolute Gasteiger partial charge is 0.447 e. The predicted octanol–water partition coefficient (Wildman–Crippen LogP) is 6.16. The molecule has 0 aliphatic carbocycles. The minimum atomic E-state index is -0.481. The van der Waals surface area contributed by atoms with Gasteiger partial charge in [0.15, 0.2) is 0 Å². The summed E-state index contributed by atoms with van der Waals surface area (Å²) in [4.78, 5) is 40.9. The monoisotopic (exact) mass is 578 g/mol. The summed E-state index contributed by atoms with van der Waals surface area (Å²) in [5.41, 5.74) is 4.50. The summed E-state index contributed by atoms with van der Waals surface area (Å²) in [6.45, 7) is 15.0. The van der Waals surface area contributed by atoms with E-state index in [4.69, 9.17) is 9.47 Å². The Kier molecular flexibility index (Phi) is 9.82. The number of fused-ring (bicyclic) bond motifs is 1. The number of anilines is 1. The van der Waals surface area contributed by atoms with Gasteiger partial charge in [-0.25, -0.2) is 9.59 Å². The molecule has 42 heavy (non-hydrogen) atoms. The third-order valence-electron chi connectivity index (χ3n) is 7.68. The highest BCUT2D eigenvalue weighted by Crippen LogP contribution is 2.39. The van der Waals surface area contributed by atoms with Crippen molar-refractivity contribution in [2.24, 2.45) is 0 Å². The Labute approximate surface area is 249 Å². The molecule has 0 radical (unpaired) electrons. The first-order valence-corrected chi connectivity index (χ1v) is 15.0. The fraction of sp³-hybridized carbons (Fsp3) is 0.545. The third kappa shape index (κ3) is 8.03. The number of carbonyl (C=O) groups excluding carboxylic acids is 3. The van der Waals surface area contributed by atoms with Crippen molar-refractivity contribution in [3.05, 3.63) is 53.6 Å². The Balaban J connectivity index is 1.41. The van der Waals surface area contributed by atoms with E-state index in [-0.39, 0.29) is 30.2 Å². The molecule has 9 heteroatoms. The molecule has 2 aromatic rings. The summed E-state index contributed by atoms with van der Waals surface area (Å²) in [6.07, 6.45) is 1.47. The SMILES string of the molecule is CC(=O)N1c2ccc(-c3ccc(CNC4CCN(C(=O)OC(C)(C)C)CC4)cc3)cc2C(NC(=O)OC(C)C)CC1C. The zero-order valence-corrected chi connectivity index (χ0v) is 26.0. The highest BCUT2D eigenvalue weighted by Gasteiger charge is 2.34. The fourth-order valence-electron chi connectivity index (χ4n) is 5.72. The lowest BCUT2D eigenvalue weighted by atomic mass is 9.89. The van der Waals surface area contributed by atoms with Gasteiger partial charge in [-0.3, -0.25) is 4.79 Å². The number of piperidine rings is 1. The van der Waals surface area contributed by atoms with Crippen molar-refractivity contribution in [1.82, 2.24) is 15.5 Å². The van der Waals surface area contributed by atoms with Gasteiger partial charge in [-0.1, -0.05) is 30.3 Å². The first-order chi connectivity index (χ1) is 19.8. The summed E-state index contributed by atoms with van der Waals surface area (Å²) in [5, 5.41) is 6.65. The Morgan fingerprint density at radius 2 is 1.64 bits per heavy atom. The van der Waals surface area contributed by atoms with Crippen LogP contribution in [-0.4, -0.2) is 59.9 Å². The van der Waals surface area contributed by atoms with Gasteiger partial charge in [0.25, 0.3) is 0 Å². The van der Waals surface area contributed by atoms with Crippen LogP contribution in [-0.2, 0) is 20.8 Å². The summed E-state index contributed by atoms with van der Waals surface area (Å²) in [7, 11) is 0. The predicted molar refractivity (Wildman–Crippen MR) is 164 cm³/mol. The number of alkyl carbamates (subject to hydrolysis) is 1. The van der Waals surface area contributed by atoms with E-state index in [2.05, 4.69) is 41.0 Å². The van der Waals surface area contributed by atoms with Gasteiger partial charge in [0.2, 0.25) is 5.91 Å². The summed E-state index contributed by atoms with van der Waals surface area (Å²) >= 11 is 0. The number of amides is 3. The molecular formula is C33H46N4O5. The lowest BCUT2D eigenvalue weighted by Gasteiger charge is -2.39. The van der Waals surface area contributed by atoms with E-state index in [1.54, 1.807) is 16.7 Å². The third-order valence-corrected chi connectivity index (χ3v) is 7.68. The molecule has 1 saturated heterocycles. The van der Waals surface area contributed by atoms with Crippen molar-refractivity contribution in [3.8, 4) is 11.1 Å². The molecule has 2 N–H and O–H groups in total. The van der Waals surface area contributed by atoms with Gasteiger partial charge in [-0.05, 0) is 95.2 Å². The Morgan fingerprint density at radius 3 is 2.24 bits per heavy atom. The van der Waals surface area contributed by atoms with Crippen molar-refractivity contribution in [2.75, 3.05) is 18.0 Å². The molecule has 2 atom stereocenters. The van der Waals surface area contributed by atoms with E-state index in [0.29, 0.717) is 25.6 Å². The molecule has 1 fully saturated rings. The van der Waals surface area contributed by atoms with E-state index in [1.807, 2.05) is 53.7 Å². The highest BCUT2D eigenvalue weighted by molar-refractivity contribution is 5.94. The molecule has 228 valence electrons. The molecule has 0 spiro atoms. The number of ether oxygens (including phenoxy) is 2. The summed E-state index contributed by atoms with van der Waals surface area (Å²) in [6, 6.07) is 14.6. The van der Waals surface area contributed by atoms with Gasteiger partial charge in [-0.15, -0.1) is 0 Å². The second kappa shape index (κ2) is 13.2. The zero-order valence-electron chi connectivity index (χ0n) is 26.0. The lowest BCUT2D eigenvalue weighted by Crippen LogP contribution is -2.46. The van der Waals surface area contributed by atoms with Crippen LogP contribution in [0.2, 0.25) is 0 Å². The van der Waals surface area contributed by atoms with Gasteiger partial charge in [0.1, 0.15) is 5.60 Å². The fourth-order valence-corrected chi connectivity index (χ4v) is 5.72. The minimum Gasteiger partial charge on any atom is -0.447 e. The molecule has 0 saturated carbocycles. The van der Waals surface area contributed by atoms with Crippen LogP contribution < -0.4 is 15.5 Å². The molecule has 0 aromatic heterocycles. The highest BCUT2D eigenvalue weighted by atomic mass is 16.6. The minimum absolute atomic E-state index is 0.0212. The second-order valence-electron chi connectivity index (χ2n) is 12.7. The van der Waals surface area contributed by atoms with Crippen LogP contribution >= 0.6 is 0 Å². The van der Waals surface area contributed by atoms with Gasteiger partial charge in [0, 0.05) is 44.3 Å². The molecule has 2 aromatic carbocycles. The van der Waals surface area contributed by atoms with Crippen molar-refractivity contribution >= 4 is 23.8 Å². The van der Waals surface area contributed by atoms with Crippen LogP contribution in [0, 0.1) is 0 Å². The summed E-state index contributed by atoms with van der Waals surface area (Å²) < 4.78 is 10.8. The van der Waals surface area contributed by atoms with E-state index >= 15 is 0 Å². The number of nitrogens with zero attached hydrogens (tertiary/aromatic N) is 2. The first kappa shape index (κ1) is 31.3. The number of carbonyl (C=O) groups is 3. The first-order valence-electron chi connectivity index (χ1n) is 15.0. The van der Waals surface area contributed by atoms with E-state index < -0.39 is 11.7 Å². The van der Waals surface area contributed by atoms with Crippen molar-refractivity contribution in [1.29, 1.82) is 0 Å². The van der Waals surface area contributed by atoms with E-state index in [0.717, 1.165) is 41.8 Å². The Morgan fingerprint density at radius 1 is 1.00 bits per heavy atom. The average Bonchev–Trinajstić information content (AvgIpc) is 2.90. The molecular weight excluding hydrogens is 532 g/mol. The molecule has 4 rings (SSSR count). The maximum Gasteiger partial charge on any atom is 0.410 e. The van der Waals surface area contributed by atoms with Crippen LogP contribution in [0.15, 0.2) is 42.5 Å². The molecule has 3 amide bonds. The van der Waals surface area contributed by atoms with Crippen LogP contribution in [0.25, 0.3) is 11.1 Å². The average molecular weight is 579 g/mol. The molecule has 2 unspecified atom stereocenters. The summed E-state index contributed by atoms with van der Waals surface area (Å²) in [5.74, 6) is -0.0212. The van der Waals surface area contributed by atoms with E-state index in [1.165, 1.54) is 5.56 Å². The number of hydrogen-bond donors (Lipinski definition) is 2. The maximum atomic E-state index is 12.5. The maximum absolute atomic E-state index is 12.5.